The van der Waals surface area contributed by atoms with Crippen LogP contribution in [0.3, 0.4) is 0 Å². The van der Waals surface area contributed by atoms with E-state index in [2.05, 4.69) is 26.3 Å². The molecule has 0 amide bonds. The van der Waals surface area contributed by atoms with Crippen molar-refractivity contribution in [3.05, 3.63) is 46.2 Å². The van der Waals surface area contributed by atoms with E-state index in [1.165, 1.54) is 0 Å². The van der Waals surface area contributed by atoms with Crippen LogP contribution in [0.1, 0.15) is 15.9 Å². The summed E-state index contributed by atoms with van der Waals surface area (Å²) < 4.78 is 2.57. The van der Waals surface area contributed by atoms with Crippen LogP contribution >= 0.6 is 15.9 Å². The average Bonchev–Trinajstić information content (AvgIpc) is 2.77. The minimum atomic E-state index is -0.946. The second kappa shape index (κ2) is 5.88. The van der Waals surface area contributed by atoms with E-state index in [9.17, 15) is 4.79 Å². The molecule has 0 aliphatic carbocycles. The molecule has 0 unspecified atom stereocenters. The first-order chi connectivity index (χ1) is 9.06. The van der Waals surface area contributed by atoms with Gasteiger partial charge in [0.2, 0.25) is 0 Å². The van der Waals surface area contributed by atoms with E-state index in [4.69, 9.17) is 5.11 Å². The first-order valence-corrected chi connectivity index (χ1v) is 6.61. The smallest absolute Gasteiger partial charge is 0.337 e. The van der Waals surface area contributed by atoms with Crippen LogP contribution in [0.25, 0.3) is 0 Å². The van der Waals surface area contributed by atoms with Crippen LogP contribution in [0, 0.1) is 6.92 Å². The normalized spacial score (nSPS) is 10.4. The van der Waals surface area contributed by atoms with Crippen LogP contribution in [-0.2, 0) is 6.54 Å². The third kappa shape index (κ3) is 3.57. The largest absolute Gasteiger partial charge is 0.478 e. The Morgan fingerprint density at radius 1 is 1.53 bits per heavy atom. The molecule has 6 heteroatoms. The quantitative estimate of drug-likeness (QED) is 0.887. The zero-order valence-corrected chi connectivity index (χ0v) is 12.0. The predicted molar refractivity (Wildman–Crippen MR) is 76.6 cm³/mol. The Hall–Kier alpha value is -1.82. The van der Waals surface area contributed by atoms with Gasteiger partial charge in [0.25, 0.3) is 0 Å². The van der Waals surface area contributed by atoms with Crippen LogP contribution in [0.15, 0.2) is 35.1 Å². The molecule has 1 aromatic heterocycles. The highest BCUT2D eigenvalue weighted by Crippen LogP contribution is 2.20. The summed E-state index contributed by atoms with van der Waals surface area (Å²) >= 11 is 3.27. The molecule has 19 heavy (non-hydrogen) atoms. The van der Waals surface area contributed by atoms with Gasteiger partial charge in [0.05, 0.1) is 18.3 Å². The fourth-order valence-electron chi connectivity index (χ4n) is 1.74. The van der Waals surface area contributed by atoms with Gasteiger partial charge in [0.15, 0.2) is 0 Å². The number of aromatic nitrogens is 2. The van der Waals surface area contributed by atoms with Crippen LogP contribution < -0.4 is 5.32 Å². The van der Waals surface area contributed by atoms with Gasteiger partial charge in [-0.05, 0) is 30.7 Å². The molecule has 0 radical (unpaired) electrons. The van der Waals surface area contributed by atoms with Crippen molar-refractivity contribution in [2.24, 2.45) is 0 Å². The van der Waals surface area contributed by atoms with Crippen molar-refractivity contribution >= 4 is 27.6 Å². The molecule has 0 spiro atoms. The number of hydrogen-bond donors (Lipinski definition) is 2. The first-order valence-electron chi connectivity index (χ1n) is 5.82. The summed E-state index contributed by atoms with van der Waals surface area (Å²) in [5.74, 6) is -0.946. The number of nitrogens with zero attached hydrogens (tertiary/aromatic N) is 2. The number of nitrogens with one attached hydrogen (secondary N) is 1. The Kier molecular flexibility index (Phi) is 4.21. The van der Waals surface area contributed by atoms with Gasteiger partial charge in [-0.2, -0.15) is 5.10 Å². The molecule has 2 rings (SSSR count). The van der Waals surface area contributed by atoms with Gasteiger partial charge in [-0.1, -0.05) is 15.9 Å². The number of hydrogen-bond acceptors (Lipinski definition) is 3. The van der Waals surface area contributed by atoms with Gasteiger partial charge in [-0.3, -0.25) is 4.68 Å². The zero-order chi connectivity index (χ0) is 13.8. The van der Waals surface area contributed by atoms with Gasteiger partial charge in [-0.25, -0.2) is 4.79 Å². The SMILES string of the molecule is Cc1cnn(CCNc2ccc(Br)cc2C(=O)O)c1. The van der Waals surface area contributed by atoms with Crippen LogP contribution in [0.2, 0.25) is 0 Å². The zero-order valence-electron chi connectivity index (χ0n) is 10.4. The Morgan fingerprint density at radius 2 is 2.32 bits per heavy atom. The maximum absolute atomic E-state index is 11.1. The highest BCUT2D eigenvalue weighted by molar-refractivity contribution is 9.10. The lowest BCUT2D eigenvalue weighted by Crippen LogP contribution is -2.13. The molecule has 0 atom stereocenters. The summed E-state index contributed by atoms with van der Waals surface area (Å²) in [6, 6.07) is 5.15. The summed E-state index contributed by atoms with van der Waals surface area (Å²) in [7, 11) is 0. The topological polar surface area (TPSA) is 67.2 Å². The Labute approximate surface area is 119 Å². The lowest BCUT2D eigenvalue weighted by atomic mass is 10.2. The number of anilines is 1. The van der Waals surface area contributed by atoms with Crippen molar-refractivity contribution in [2.75, 3.05) is 11.9 Å². The number of aromatic carboxylic acids is 1. The molecular formula is C13H14BrN3O2. The average molecular weight is 324 g/mol. The molecule has 0 aliphatic rings. The fraction of sp³-hybridized carbons (Fsp3) is 0.231. The van der Waals surface area contributed by atoms with E-state index in [0.29, 0.717) is 18.8 Å². The van der Waals surface area contributed by atoms with Gasteiger partial charge >= 0.3 is 5.97 Å². The van der Waals surface area contributed by atoms with E-state index >= 15 is 0 Å². The van der Waals surface area contributed by atoms with Crippen molar-refractivity contribution in [3.63, 3.8) is 0 Å². The van der Waals surface area contributed by atoms with E-state index < -0.39 is 5.97 Å². The molecular weight excluding hydrogens is 310 g/mol. The number of aryl methyl sites for hydroxylation is 1. The first kappa shape index (κ1) is 13.6. The third-order valence-corrected chi connectivity index (χ3v) is 3.12. The van der Waals surface area contributed by atoms with Crippen LogP contribution in [0.5, 0.6) is 0 Å². The van der Waals surface area contributed by atoms with Gasteiger partial charge in [0.1, 0.15) is 0 Å². The van der Waals surface area contributed by atoms with Crippen molar-refractivity contribution < 1.29 is 9.90 Å². The molecule has 5 nitrogen and oxygen atoms in total. The molecule has 0 saturated carbocycles. The maximum atomic E-state index is 11.1. The van der Waals surface area contributed by atoms with Crippen LogP contribution in [0.4, 0.5) is 5.69 Å². The summed E-state index contributed by atoms with van der Waals surface area (Å²) in [5, 5.41) is 16.4. The van der Waals surface area contributed by atoms with Crippen molar-refractivity contribution in [3.8, 4) is 0 Å². The molecule has 1 heterocycles. The second-order valence-electron chi connectivity index (χ2n) is 4.20. The van der Waals surface area contributed by atoms with E-state index in [1.807, 2.05) is 23.9 Å². The van der Waals surface area contributed by atoms with Crippen molar-refractivity contribution in [1.29, 1.82) is 0 Å². The molecule has 0 aliphatic heterocycles. The number of carbonyl (C=O) groups is 1. The minimum absolute atomic E-state index is 0.256. The molecule has 1 aromatic carbocycles. The lowest BCUT2D eigenvalue weighted by molar-refractivity contribution is 0.0698. The fourth-order valence-corrected chi connectivity index (χ4v) is 2.10. The van der Waals surface area contributed by atoms with E-state index in [0.717, 1.165) is 10.0 Å². The highest BCUT2D eigenvalue weighted by atomic mass is 79.9. The molecule has 0 fully saturated rings. The Bertz CT molecular complexity index is 595. The Balaban J connectivity index is 2.01. The van der Waals surface area contributed by atoms with Crippen molar-refractivity contribution in [2.45, 2.75) is 13.5 Å². The van der Waals surface area contributed by atoms with Crippen LogP contribution in [-0.4, -0.2) is 27.4 Å². The summed E-state index contributed by atoms with van der Waals surface area (Å²) in [5.41, 5.74) is 1.97. The summed E-state index contributed by atoms with van der Waals surface area (Å²) in [4.78, 5) is 11.1. The Morgan fingerprint density at radius 3 is 2.95 bits per heavy atom. The maximum Gasteiger partial charge on any atom is 0.337 e. The number of carboxylic acid groups (broad SMARTS) is 1. The molecule has 2 N–H and O–H groups in total. The minimum Gasteiger partial charge on any atom is -0.478 e. The number of benzene rings is 1. The summed E-state index contributed by atoms with van der Waals surface area (Å²) in [6.07, 6.45) is 3.74. The monoisotopic (exact) mass is 323 g/mol. The standard InChI is InChI=1S/C13H14BrN3O2/c1-9-7-16-17(8-9)5-4-15-12-3-2-10(14)6-11(12)13(18)19/h2-3,6-8,15H,4-5H2,1H3,(H,18,19). The third-order valence-electron chi connectivity index (χ3n) is 2.63. The van der Waals surface area contributed by atoms with Crippen molar-refractivity contribution in [1.82, 2.24) is 9.78 Å². The lowest BCUT2D eigenvalue weighted by Gasteiger charge is -2.10. The van der Waals surface area contributed by atoms with Gasteiger partial charge in [-0.15, -0.1) is 0 Å². The molecule has 100 valence electrons. The van der Waals surface area contributed by atoms with Gasteiger partial charge in [0, 0.05) is 22.9 Å². The predicted octanol–water partition coefficient (Wildman–Crippen LogP) is 2.76. The molecule has 2 aromatic rings. The van der Waals surface area contributed by atoms with Gasteiger partial charge < -0.3 is 10.4 Å². The van der Waals surface area contributed by atoms with E-state index in [1.54, 1.807) is 18.3 Å². The highest BCUT2D eigenvalue weighted by Gasteiger charge is 2.10. The van der Waals surface area contributed by atoms with E-state index in [-0.39, 0.29) is 5.56 Å². The molecule has 0 bridgehead atoms. The number of halogens is 1. The number of rotatable bonds is 5. The second-order valence-corrected chi connectivity index (χ2v) is 5.12. The summed E-state index contributed by atoms with van der Waals surface area (Å²) in [6.45, 7) is 3.28. The number of carboxylic acids is 1. The molecule has 0 saturated heterocycles.